The Bertz CT molecular complexity index is 1220. The fourth-order valence-electron chi connectivity index (χ4n) is 2.24. The van der Waals surface area contributed by atoms with Crippen LogP contribution in [-0.2, 0) is 20.0 Å². The minimum absolute atomic E-state index is 0.0154. The lowest BCUT2D eigenvalue weighted by atomic mass is 10.2. The zero-order valence-electron chi connectivity index (χ0n) is 14.3. The highest BCUT2D eigenvalue weighted by molar-refractivity contribution is 7.94. The summed E-state index contributed by atoms with van der Waals surface area (Å²) in [5, 5.41) is 5.46. The molecule has 3 aromatic rings. The maximum atomic E-state index is 13.0. The number of rotatable bonds is 6. The molecule has 0 bridgehead atoms. The number of nitrogens with one attached hydrogen (secondary N) is 1. The Kier molecular flexibility index (Phi) is 5.39. The average Bonchev–Trinajstić information content (AvgIpc) is 3.12. The van der Waals surface area contributed by atoms with Gasteiger partial charge in [0.15, 0.2) is 4.21 Å². The van der Waals surface area contributed by atoms with Crippen molar-refractivity contribution in [1.82, 2.24) is 4.98 Å². The lowest BCUT2D eigenvalue weighted by Crippen LogP contribution is -2.14. The van der Waals surface area contributed by atoms with Gasteiger partial charge in [-0.2, -0.15) is 0 Å². The van der Waals surface area contributed by atoms with Gasteiger partial charge in [-0.1, -0.05) is 0 Å². The number of halogens is 1. The molecule has 0 aliphatic heterocycles. The molecule has 1 aromatic heterocycles. The second-order valence-electron chi connectivity index (χ2n) is 5.50. The van der Waals surface area contributed by atoms with Crippen molar-refractivity contribution in [1.29, 1.82) is 0 Å². The van der Waals surface area contributed by atoms with E-state index < -0.39 is 25.9 Å². The molecule has 0 saturated carbocycles. The first-order chi connectivity index (χ1) is 13.1. The second kappa shape index (κ2) is 7.47. The van der Waals surface area contributed by atoms with E-state index in [9.17, 15) is 21.2 Å². The predicted molar refractivity (Wildman–Crippen MR) is 103 cm³/mol. The normalized spacial score (nSPS) is 12.0. The molecule has 8 nitrogen and oxygen atoms in total. The van der Waals surface area contributed by atoms with Gasteiger partial charge in [0.05, 0.1) is 23.9 Å². The number of benzene rings is 2. The van der Waals surface area contributed by atoms with Crippen LogP contribution < -0.4 is 14.6 Å². The molecule has 0 unspecified atom stereocenters. The Morgan fingerprint density at radius 1 is 1.11 bits per heavy atom. The maximum absolute atomic E-state index is 13.0. The van der Waals surface area contributed by atoms with E-state index in [1.54, 1.807) is 0 Å². The van der Waals surface area contributed by atoms with Gasteiger partial charge in [0, 0.05) is 11.6 Å². The van der Waals surface area contributed by atoms with Crippen molar-refractivity contribution in [3.63, 3.8) is 0 Å². The molecule has 148 valence electrons. The molecule has 0 radical (unpaired) electrons. The monoisotopic (exact) mass is 443 g/mol. The number of primary sulfonamides is 1. The molecule has 1 heterocycles. The lowest BCUT2D eigenvalue weighted by Gasteiger charge is -2.11. The quantitative estimate of drug-likeness (QED) is 0.602. The molecule has 0 amide bonds. The molecule has 0 saturated heterocycles. The highest BCUT2D eigenvalue weighted by atomic mass is 32.2. The molecular weight excluding hydrogens is 429 g/mol. The molecule has 12 heteroatoms. The number of nitrogens with two attached hydrogens (primary N) is 1. The van der Waals surface area contributed by atoms with E-state index in [1.807, 2.05) is 0 Å². The summed E-state index contributed by atoms with van der Waals surface area (Å²) in [6, 6.07) is 9.00. The third-order valence-corrected chi connectivity index (χ3v) is 7.37. The van der Waals surface area contributed by atoms with Crippen LogP contribution in [0.5, 0.6) is 5.75 Å². The number of anilines is 1. The predicted octanol–water partition coefficient (Wildman–Crippen LogP) is 2.41. The summed E-state index contributed by atoms with van der Waals surface area (Å²) in [6.07, 6.45) is 1.18. The summed E-state index contributed by atoms with van der Waals surface area (Å²) in [6.45, 7) is 0. The van der Waals surface area contributed by atoms with Crippen molar-refractivity contribution >= 4 is 37.1 Å². The summed E-state index contributed by atoms with van der Waals surface area (Å²) >= 11 is 0.898. The van der Waals surface area contributed by atoms with E-state index in [0.717, 1.165) is 23.5 Å². The van der Waals surface area contributed by atoms with Crippen molar-refractivity contribution in [2.75, 3.05) is 11.8 Å². The van der Waals surface area contributed by atoms with Gasteiger partial charge in [-0.3, -0.25) is 4.72 Å². The fourth-order valence-corrected chi connectivity index (χ4v) is 4.97. The van der Waals surface area contributed by atoms with Gasteiger partial charge in [0.1, 0.15) is 16.6 Å². The molecule has 3 rings (SSSR count). The summed E-state index contributed by atoms with van der Waals surface area (Å²) in [5.41, 5.74) is 0.606. The SMILES string of the molecule is COc1cc(S(N)(=O)=O)ccc1NS(=O)(=O)c1cnc(-c2ccc(F)cc2)s1. The third-order valence-electron chi connectivity index (χ3n) is 3.59. The lowest BCUT2D eigenvalue weighted by molar-refractivity contribution is 0.415. The molecule has 0 atom stereocenters. The largest absolute Gasteiger partial charge is 0.495 e. The van der Waals surface area contributed by atoms with Gasteiger partial charge in [-0.25, -0.2) is 31.3 Å². The molecule has 0 spiro atoms. The molecule has 0 aliphatic rings. The second-order valence-corrected chi connectivity index (χ2v) is 10.0. The Labute approximate surface area is 164 Å². The first kappa shape index (κ1) is 20.2. The molecule has 28 heavy (non-hydrogen) atoms. The first-order valence-electron chi connectivity index (χ1n) is 7.55. The van der Waals surface area contributed by atoms with E-state index in [4.69, 9.17) is 9.88 Å². The molecule has 2 aromatic carbocycles. The van der Waals surface area contributed by atoms with Gasteiger partial charge < -0.3 is 4.74 Å². The number of methoxy groups -OCH3 is 1. The molecule has 0 fully saturated rings. The minimum Gasteiger partial charge on any atom is -0.495 e. The number of ether oxygens (including phenoxy) is 1. The number of nitrogens with zero attached hydrogens (tertiary/aromatic N) is 1. The van der Waals surface area contributed by atoms with Crippen LogP contribution in [0.15, 0.2) is 57.8 Å². The Morgan fingerprint density at radius 2 is 1.79 bits per heavy atom. The molecule has 0 aliphatic carbocycles. The van der Waals surface area contributed by atoms with Crippen LogP contribution in [0.1, 0.15) is 0 Å². The Balaban J connectivity index is 1.91. The van der Waals surface area contributed by atoms with Crippen molar-refractivity contribution in [2.45, 2.75) is 9.10 Å². The maximum Gasteiger partial charge on any atom is 0.273 e. The van der Waals surface area contributed by atoms with Crippen LogP contribution in [0.25, 0.3) is 10.6 Å². The van der Waals surface area contributed by atoms with Gasteiger partial charge in [0.2, 0.25) is 10.0 Å². The van der Waals surface area contributed by atoms with Crippen LogP contribution in [0.2, 0.25) is 0 Å². The molecular formula is C16H14FN3O5S3. The van der Waals surface area contributed by atoms with Crippen molar-refractivity contribution in [3.05, 3.63) is 54.5 Å². The van der Waals surface area contributed by atoms with Crippen molar-refractivity contribution in [3.8, 4) is 16.3 Å². The summed E-state index contributed by atoms with van der Waals surface area (Å²) < 4.78 is 68.5. The topological polar surface area (TPSA) is 128 Å². The smallest absolute Gasteiger partial charge is 0.273 e. The number of thiazole rings is 1. The van der Waals surface area contributed by atoms with Gasteiger partial charge >= 0.3 is 0 Å². The van der Waals surface area contributed by atoms with E-state index >= 15 is 0 Å². The summed E-state index contributed by atoms with van der Waals surface area (Å²) in [7, 11) is -6.73. The Hall–Kier alpha value is -2.54. The van der Waals surface area contributed by atoms with Gasteiger partial charge in [0.25, 0.3) is 10.0 Å². The number of aromatic nitrogens is 1. The number of sulfonamides is 2. The zero-order valence-corrected chi connectivity index (χ0v) is 16.7. The van der Waals surface area contributed by atoms with E-state index in [2.05, 4.69) is 9.71 Å². The van der Waals surface area contributed by atoms with Gasteiger partial charge in [-0.15, -0.1) is 11.3 Å². The van der Waals surface area contributed by atoms with E-state index in [1.165, 1.54) is 43.6 Å². The van der Waals surface area contributed by atoms with Gasteiger partial charge in [-0.05, 0) is 36.4 Å². The highest BCUT2D eigenvalue weighted by Gasteiger charge is 2.21. The van der Waals surface area contributed by atoms with Crippen molar-refractivity contribution < 1.29 is 26.0 Å². The van der Waals surface area contributed by atoms with Crippen LogP contribution in [-0.4, -0.2) is 28.9 Å². The van der Waals surface area contributed by atoms with Crippen LogP contribution in [0, 0.1) is 5.82 Å². The van der Waals surface area contributed by atoms with Crippen LogP contribution >= 0.6 is 11.3 Å². The fraction of sp³-hybridized carbons (Fsp3) is 0.0625. The van der Waals surface area contributed by atoms with Crippen molar-refractivity contribution in [2.24, 2.45) is 5.14 Å². The number of hydrogen-bond donors (Lipinski definition) is 2. The first-order valence-corrected chi connectivity index (χ1v) is 11.4. The standard InChI is InChI=1S/C16H14FN3O5S3/c1-25-14-8-12(27(18,21)22)6-7-13(14)20-28(23,24)15-9-19-16(26-15)10-2-4-11(17)5-3-10/h2-9,20H,1H3,(H2,18,21,22). The highest BCUT2D eigenvalue weighted by Crippen LogP contribution is 2.32. The Morgan fingerprint density at radius 3 is 2.39 bits per heavy atom. The van der Waals surface area contributed by atoms with Crippen LogP contribution in [0.3, 0.4) is 0 Å². The summed E-state index contributed by atoms with van der Waals surface area (Å²) in [5.74, 6) is -0.428. The number of hydrogen-bond acceptors (Lipinski definition) is 7. The van der Waals surface area contributed by atoms with Crippen LogP contribution in [0.4, 0.5) is 10.1 Å². The summed E-state index contributed by atoms with van der Waals surface area (Å²) in [4.78, 5) is 3.84. The minimum atomic E-state index is -4.02. The van der Waals surface area contributed by atoms with E-state index in [-0.39, 0.29) is 20.5 Å². The zero-order chi connectivity index (χ0) is 20.5. The third kappa shape index (κ3) is 4.30. The molecule has 3 N–H and O–H groups in total. The average molecular weight is 444 g/mol. The van der Waals surface area contributed by atoms with E-state index in [0.29, 0.717) is 10.6 Å².